The van der Waals surface area contributed by atoms with Crippen LogP contribution < -0.4 is 15.4 Å². The smallest absolute Gasteiger partial charge is 0.227 e. The number of nitrogens with one attached hydrogen (secondary N) is 2. The number of carbonyl (C=O) groups excluding carboxylic acids is 1. The fourth-order valence-corrected chi connectivity index (χ4v) is 3.88. The van der Waals surface area contributed by atoms with Crippen molar-refractivity contribution >= 4 is 24.0 Å². The molecular formula is C19H26ClN5O3. The Labute approximate surface area is 170 Å². The van der Waals surface area contributed by atoms with Gasteiger partial charge in [-0.15, -0.1) is 22.6 Å². The fraction of sp³-hybridized carbons (Fsp3) is 0.526. The van der Waals surface area contributed by atoms with Gasteiger partial charge in [-0.05, 0) is 44.4 Å². The monoisotopic (exact) mass is 407 g/mol. The number of anilines is 1. The van der Waals surface area contributed by atoms with Crippen molar-refractivity contribution < 1.29 is 14.3 Å². The van der Waals surface area contributed by atoms with E-state index in [4.69, 9.17) is 9.47 Å². The lowest BCUT2D eigenvalue weighted by molar-refractivity contribution is -0.123. The number of hydrogen-bond acceptors (Lipinski definition) is 6. The summed E-state index contributed by atoms with van der Waals surface area (Å²) in [6.45, 7) is 4.06. The summed E-state index contributed by atoms with van der Waals surface area (Å²) in [7, 11) is 0. The first-order chi connectivity index (χ1) is 13.2. The molecule has 2 aliphatic rings. The van der Waals surface area contributed by atoms with E-state index in [0.717, 1.165) is 38.1 Å². The summed E-state index contributed by atoms with van der Waals surface area (Å²) in [4.78, 5) is 12.9. The SMILES string of the molecule is CCOc1ccc(-n2cnnc2)cc1NC(=O)[C@H]1CC[C@H]2OCCN[C@@H]2C1.Cl. The van der Waals surface area contributed by atoms with Crippen molar-refractivity contribution in [2.24, 2.45) is 5.92 Å². The van der Waals surface area contributed by atoms with Gasteiger partial charge in [0.2, 0.25) is 5.91 Å². The van der Waals surface area contributed by atoms with E-state index in [-0.39, 0.29) is 36.4 Å². The van der Waals surface area contributed by atoms with E-state index in [2.05, 4.69) is 20.8 Å². The van der Waals surface area contributed by atoms with Crippen molar-refractivity contribution in [1.82, 2.24) is 20.1 Å². The second-order valence-corrected chi connectivity index (χ2v) is 6.95. The maximum absolute atomic E-state index is 12.9. The minimum atomic E-state index is -0.0338. The Morgan fingerprint density at radius 2 is 2.18 bits per heavy atom. The number of benzene rings is 1. The van der Waals surface area contributed by atoms with Crippen LogP contribution in [0, 0.1) is 5.92 Å². The fourth-order valence-electron chi connectivity index (χ4n) is 3.88. The van der Waals surface area contributed by atoms with E-state index in [0.29, 0.717) is 18.0 Å². The Balaban J connectivity index is 0.00000225. The first kappa shape index (κ1) is 20.6. The van der Waals surface area contributed by atoms with Crippen molar-refractivity contribution in [2.45, 2.75) is 38.3 Å². The van der Waals surface area contributed by atoms with Crippen LogP contribution in [0.1, 0.15) is 26.2 Å². The molecule has 3 atom stereocenters. The third-order valence-electron chi connectivity index (χ3n) is 5.24. The zero-order chi connectivity index (χ0) is 18.6. The van der Waals surface area contributed by atoms with E-state index >= 15 is 0 Å². The second kappa shape index (κ2) is 9.36. The van der Waals surface area contributed by atoms with Crippen molar-refractivity contribution in [3.05, 3.63) is 30.9 Å². The van der Waals surface area contributed by atoms with Gasteiger partial charge in [-0.3, -0.25) is 9.36 Å². The number of amides is 1. The quantitative estimate of drug-likeness (QED) is 0.789. The van der Waals surface area contributed by atoms with Crippen molar-refractivity contribution in [3.63, 3.8) is 0 Å². The highest BCUT2D eigenvalue weighted by Gasteiger charge is 2.36. The van der Waals surface area contributed by atoms with E-state index < -0.39 is 0 Å². The Hall–Kier alpha value is -2.16. The number of carbonyl (C=O) groups is 1. The van der Waals surface area contributed by atoms with Gasteiger partial charge in [0.15, 0.2) is 0 Å². The molecule has 1 saturated heterocycles. The standard InChI is InChI=1S/C19H25N5O3.ClH/c1-2-26-18-6-4-14(24-11-21-22-12-24)10-16(18)23-19(25)13-3-5-17-15(9-13)20-7-8-27-17;/h4,6,10-13,15,17,20H,2-3,5,7-9H2,1H3,(H,23,25);1H/t13-,15+,17+;/m0./s1. The normalized spacial score (nSPS) is 24.0. The lowest BCUT2D eigenvalue weighted by Gasteiger charge is -2.39. The molecule has 1 aromatic heterocycles. The van der Waals surface area contributed by atoms with Crippen molar-refractivity contribution in [1.29, 1.82) is 0 Å². The molecule has 2 fully saturated rings. The lowest BCUT2D eigenvalue weighted by Crippen LogP contribution is -2.52. The zero-order valence-electron chi connectivity index (χ0n) is 15.8. The van der Waals surface area contributed by atoms with Crippen LogP contribution in [0.15, 0.2) is 30.9 Å². The highest BCUT2D eigenvalue weighted by Crippen LogP contribution is 2.32. The maximum atomic E-state index is 12.9. The van der Waals surface area contributed by atoms with Gasteiger partial charge < -0.3 is 20.1 Å². The first-order valence-corrected chi connectivity index (χ1v) is 9.52. The summed E-state index contributed by atoms with van der Waals surface area (Å²) in [5.41, 5.74) is 1.54. The molecule has 1 aliphatic heterocycles. The van der Waals surface area contributed by atoms with Crippen molar-refractivity contribution in [2.75, 3.05) is 25.1 Å². The molecule has 2 heterocycles. The summed E-state index contributed by atoms with van der Waals surface area (Å²) in [5.74, 6) is 0.659. The number of fused-ring (bicyclic) bond motifs is 1. The van der Waals surface area contributed by atoms with Crippen LogP contribution in [0.3, 0.4) is 0 Å². The van der Waals surface area contributed by atoms with Gasteiger partial charge in [0.1, 0.15) is 18.4 Å². The Kier molecular flexibility index (Phi) is 6.88. The molecular weight excluding hydrogens is 382 g/mol. The van der Waals surface area contributed by atoms with Gasteiger partial charge in [-0.25, -0.2) is 0 Å². The zero-order valence-corrected chi connectivity index (χ0v) is 16.7. The molecule has 0 unspecified atom stereocenters. The third-order valence-corrected chi connectivity index (χ3v) is 5.24. The number of halogens is 1. The summed E-state index contributed by atoms with van der Waals surface area (Å²) in [5, 5.41) is 14.2. The number of hydrogen-bond donors (Lipinski definition) is 2. The van der Waals surface area contributed by atoms with Crippen LogP contribution in [-0.2, 0) is 9.53 Å². The number of ether oxygens (including phenoxy) is 2. The molecule has 0 spiro atoms. The van der Waals surface area contributed by atoms with Gasteiger partial charge in [0.25, 0.3) is 0 Å². The van der Waals surface area contributed by atoms with E-state index in [1.54, 1.807) is 17.2 Å². The predicted molar refractivity (Wildman–Crippen MR) is 107 cm³/mol. The van der Waals surface area contributed by atoms with Crippen LogP contribution in [0.2, 0.25) is 0 Å². The summed E-state index contributed by atoms with van der Waals surface area (Å²) < 4.78 is 13.3. The number of rotatable bonds is 5. The average molecular weight is 408 g/mol. The molecule has 28 heavy (non-hydrogen) atoms. The number of nitrogens with zero attached hydrogens (tertiary/aromatic N) is 3. The van der Waals surface area contributed by atoms with Gasteiger partial charge in [0.05, 0.1) is 30.7 Å². The van der Waals surface area contributed by atoms with Crippen LogP contribution in [0.4, 0.5) is 5.69 Å². The summed E-state index contributed by atoms with van der Waals surface area (Å²) >= 11 is 0. The molecule has 1 aromatic carbocycles. The van der Waals surface area contributed by atoms with E-state index in [1.165, 1.54) is 0 Å². The number of morpholine rings is 1. The van der Waals surface area contributed by atoms with Crippen LogP contribution in [-0.4, -0.2) is 52.6 Å². The molecule has 0 radical (unpaired) electrons. The Bertz CT molecular complexity index is 786. The molecule has 8 nitrogen and oxygen atoms in total. The second-order valence-electron chi connectivity index (χ2n) is 6.95. The molecule has 2 aromatic rings. The van der Waals surface area contributed by atoms with Crippen molar-refractivity contribution in [3.8, 4) is 11.4 Å². The molecule has 1 saturated carbocycles. The molecule has 1 amide bonds. The Morgan fingerprint density at radius 1 is 1.36 bits per heavy atom. The molecule has 4 rings (SSSR count). The van der Waals surface area contributed by atoms with Crippen LogP contribution >= 0.6 is 12.4 Å². The van der Waals surface area contributed by atoms with Gasteiger partial charge in [0, 0.05) is 18.5 Å². The van der Waals surface area contributed by atoms with Crippen LogP contribution in [0.5, 0.6) is 5.75 Å². The molecule has 9 heteroatoms. The lowest BCUT2D eigenvalue weighted by atomic mass is 9.82. The van der Waals surface area contributed by atoms with E-state index in [9.17, 15) is 4.79 Å². The Morgan fingerprint density at radius 3 is 2.96 bits per heavy atom. The van der Waals surface area contributed by atoms with Gasteiger partial charge in [-0.2, -0.15) is 0 Å². The third kappa shape index (κ3) is 4.45. The van der Waals surface area contributed by atoms with Gasteiger partial charge >= 0.3 is 0 Å². The topological polar surface area (TPSA) is 90.3 Å². The minimum Gasteiger partial charge on any atom is -0.492 e. The van der Waals surface area contributed by atoms with Crippen LogP contribution in [0.25, 0.3) is 5.69 Å². The predicted octanol–water partition coefficient (Wildman–Crippen LogP) is 2.18. The highest BCUT2D eigenvalue weighted by molar-refractivity contribution is 5.94. The minimum absolute atomic E-state index is 0. The maximum Gasteiger partial charge on any atom is 0.227 e. The average Bonchev–Trinajstić information content (AvgIpc) is 3.24. The summed E-state index contributed by atoms with van der Waals surface area (Å²) in [6.07, 6.45) is 6.03. The van der Waals surface area contributed by atoms with E-state index in [1.807, 2.05) is 25.1 Å². The number of aromatic nitrogens is 3. The molecule has 152 valence electrons. The molecule has 0 bridgehead atoms. The largest absolute Gasteiger partial charge is 0.492 e. The molecule has 1 aliphatic carbocycles. The summed E-state index contributed by atoms with van der Waals surface area (Å²) in [6, 6.07) is 5.93. The van der Waals surface area contributed by atoms with Gasteiger partial charge in [-0.1, -0.05) is 0 Å². The highest BCUT2D eigenvalue weighted by atomic mass is 35.5. The first-order valence-electron chi connectivity index (χ1n) is 9.52. The molecule has 2 N–H and O–H groups in total.